The first-order valence-corrected chi connectivity index (χ1v) is 7.73. The van der Waals surface area contributed by atoms with E-state index in [2.05, 4.69) is 11.9 Å². The number of carbonyl (C=O) groups is 1. The molecule has 1 N–H and O–H groups in total. The number of halogens is 1. The van der Waals surface area contributed by atoms with E-state index in [-0.39, 0.29) is 18.1 Å². The van der Waals surface area contributed by atoms with Crippen LogP contribution < -0.4 is 5.32 Å². The van der Waals surface area contributed by atoms with Crippen molar-refractivity contribution < 1.29 is 9.53 Å². The Balaban J connectivity index is 2.00. The lowest BCUT2D eigenvalue weighted by Gasteiger charge is -2.24. The molecule has 2 unspecified atom stereocenters. The summed E-state index contributed by atoms with van der Waals surface area (Å²) in [6.07, 6.45) is 2.58. The summed E-state index contributed by atoms with van der Waals surface area (Å²) < 4.78 is 6.02. The SMILES string of the molecule is C=CCN(Cc1ccc(Cl)s1)C(=O)C1CC(OC)CN1. The number of thiophene rings is 1. The highest BCUT2D eigenvalue weighted by Crippen LogP contribution is 2.23. The van der Waals surface area contributed by atoms with Gasteiger partial charge in [0, 0.05) is 25.1 Å². The van der Waals surface area contributed by atoms with Gasteiger partial charge in [0.15, 0.2) is 0 Å². The normalized spacial score (nSPS) is 21.9. The zero-order valence-corrected chi connectivity index (χ0v) is 13.0. The van der Waals surface area contributed by atoms with Crippen LogP contribution in [0.15, 0.2) is 24.8 Å². The second kappa shape index (κ2) is 7.22. The molecule has 110 valence electrons. The average molecular weight is 315 g/mol. The highest BCUT2D eigenvalue weighted by molar-refractivity contribution is 7.16. The van der Waals surface area contributed by atoms with E-state index in [4.69, 9.17) is 16.3 Å². The van der Waals surface area contributed by atoms with Crippen LogP contribution >= 0.6 is 22.9 Å². The van der Waals surface area contributed by atoms with Crippen LogP contribution in [-0.4, -0.2) is 43.2 Å². The van der Waals surface area contributed by atoms with Gasteiger partial charge < -0.3 is 15.0 Å². The van der Waals surface area contributed by atoms with Crippen LogP contribution in [0.5, 0.6) is 0 Å². The quantitative estimate of drug-likeness (QED) is 0.819. The molecule has 0 bridgehead atoms. The summed E-state index contributed by atoms with van der Waals surface area (Å²) in [4.78, 5) is 15.4. The van der Waals surface area contributed by atoms with E-state index in [0.717, 1.165) is 15.8 Å². The van der Waals surface area contributed by atoms with Crippen LogP contribution in [0.4, 0.5) is 0 Å². The number of nitrogens with zero attached hydrogens (tertiary/aromatic N) is 1. The molecule has 6 heteroatoms. The molecule has 1 aromatic rings. The van der Waals surface area contributed by atoms with E-state index in [1.54, 1.807) is 18.1 Å². The molecule has 0 saturated carbocycles. The minimum Gasteiger partial charge on any atom is -0.380 e. The van der Waals surface area contributed by atoms with Gasteiger partial charge in [-0.15, -0.1) is 17.9 Å². The number of rotatable bonds is 6. The molecule has 1 aromatic heterocycles. The van der Waals surface area contributed by atoms with E-state index in [9.17, 15) is 4.79 Å². The summed E-state index contributed by atoms with van der Waals surface area (Å²) in [5, 5.41) is 3.21. The van der Waals surface area contributed by atoms with Crippen LogP contribution in [0.2, 0.25) is 4.34 Å². The maximum absolute atomic E-state index is 12.5. The Bertz CT molecular complexity index is 477. The van der Waals surface area contributed by atoms with Crippen molar-refractivity contribution in [1.29, 1.82) is 0 Å². The van der Waals surface area contributed by atoms with Crippen LogP contribution in [0.25, 0.3) is 0 Å². The fourth-order valence-electron chi connectivity index (χ4n) is 2.30. The van der Waals surface area contributed by atoms with E-state index >= 15 is 0 Å². The number of ether oxygens (including phenoxy) is 1. The van der Waals surface area contributed by atoms with Crippen LogP contribution in [0.3, 0.4) is 0 Å². The molecule has 1 fully saturated rings. The third kappa shape index (κ3) is 3.82. The van der Waals surface area contributed by atoms with Crippen molar-refractivity contribution in [1.82, 2.24) is 10.2 Å². The number of nitrogens with one attached hydrogen (secondary N) is 1. The average Bonchev–Trinajstić information content (AvgIpc) is 3.06. The number of carbonyl (C=O) groups excluding carboxylic acids is 1. The van der Waals surface area contributed by atoms with Gasteiger partial charge in [0.2, 0.25) is 5.91 Å². The Hall–Kier alpha value is -0.880. The topological polar surface area (TPSA) is 41.6 Å². The first kappa shape index (κ1) is 15.5. The van der Waals surface area contributed by atoms with Gasteiger partial charge >= 0.3 is 0 Å². The smallest absolute Gasteiger partial charge is 0.240 e. The van der Waals surface area contributed by atoms with Gasteiger partial charge in [-0.1, -0.05) is 17.7 Å². The molecule has 1 aliphatic heterocycles. The summed E-state index contributed by atoms with van der Waals surface area (Å²) in [5.41, 5.74) is 0. The monoisotopic (exact) mass is 314 g/mol. The minimum absolute atomic E-state index is 0.0916. The molecule has 4 nitrogen and oxygen atoms in total. The first-order valence-electron chi connectivity index (χ1n) is 6.54. The second-order valence-electron chi connectivity index (χ2n) is 4.77. The zero-order valence-electron chi connectivity index (χ0n) is 11.5. The summed E-state index contributed by atoms with van der Waals surface area (Å²) in [5.74, 6) is 0.0916. The van der Waals surface area contributed by atoms with E-state index in [1.807, 2.05) is 12.1 Å². The largest absolute Gasteiger partial charge is 0.380 e. The third-order valence-corrected chi connectivity index (χ3v) is 4.57. The molecule has 2 rings (SSSR count). The lowest BCUT2D eigenvalue weighted by atomic mass is 10.1. The maximum atomic E-state index is 12.5. The third-order valence-electron chi connectivity index (χ3n) is 3.36. The molecule has 2 atom stereocenters. The summed E-state index contributed by atoms with van der Waals surface area (Å²) >= 11 is 7.43. The Morgan fingerprint density at radius 3 is 3.05 bits per heavy atom. The Morgan fingerprint density at radius 1 is 1.70 bits per heavy atom. The fraction of sp³-hybridized carbons (Fsp3) is 0.500. The van der Waals surface area contributed by atoms with Crippen LogP contribution in [0, 0.1) is 0 Å². The van der Waals surface area contributed by atoms with Crippen molar-refractivity contribution in [2.45, 2.75) is 25.1 Å². The second-order valence-corrected chi connectivity index (χ2v) is 6.57. The van der Waals surface area contributed by atoms with E-state index in [0.29, 0.717) is 19.5 Å². The van der Waals surface area contributed by atoms with Crippen molar-refractivity contribution >= 4 is 28.8 Å². The van der Waals surface area contributed by atoms with Gasteiger partial charge in [0.1, 0.15) is 0 Å². The van der Waals surface area contributed by atoms with Crippen molar-refractivity contribution in [2.24, 2.45) is 0 Å². The number of hydrogen-bond donors (Lipinski definition) is 1. The van der Waals surface area contributed by atoms with Crippen LogP contribution in [0.1, 0.15) is 11.3 Å². The summed E-state index contributed by atoms with van der Waals surface area (Å²) in [6.45, 7) is 5.55. The minimum atomic E-state index is -0.171. The molecule has 0 aromatic carbocycles. The molecule has 1 saturated heterocycles. The lowest BCUT2D eigenvalue weighted by molar-refractivity contribution is -0.133. The van der Waals surface area contributed by atoms with Gasteiger partial charge in [-0.25, -0.2) is 0 Å². The maximum Gasteiger partial charge on any atom is 0.240 e. The summed E-state index contributed by atoms with van der Waals surface area (Å²) in [6, 6.07) is 3.64. The molecule has 0 spiro atoms. The number of methoxy groups -OCH3 is 1. The van der Waals surface area contributed by atoms with E-state index in [1.165, 1.54) is 11.3 Å². The fourth-order valence-corrected chi connectivity index (χ4v) is 3.41. The first-order chi connectivity index (χ1) is 9.63. The zero-order chi connectivity index (χ0) is 14.5. The highest BCUT2D eigenvalue weighted by Gasteiger charge is 2.32. The van der Waals surface area contributed by atoms with Gasteiger partial charge in [-0.3, -0.25) is 4.79 Å². The molecular formula is C14H19ClN2O2S. The molecule has 0 aliphatic carbocycles. The molecule has 0 radical (unpaired) electrons. The van der Waals surface area contributed by atoms with Crippen molar-refractivity contribution in [3.8, 4) is 0 Å². The van der Waals surface area contributed by atoms with Crippen molar-refractivity contribution in [3.63, 3.8) is 0 Å². The standard InChI is InChI=1S/C14H19ClN2O2S/c1-3-6-17(9-11-4-5-13(15)20-11)14(18)12-7-10(19-2)8-16-12/h3-5,10,12,16H,1,6-9H2,2H3. The van der Waals surface area contributed by atoms with Gasteiger partial charge in [0.25, 0.3) is 0 Å². The molecule has 2 heterocycles. The predicted octanol–water partition coefficient (Wildman–Crippen LogP) is 2.29. The number of hydrogen-bond acceptors (Lipinski definition) is 4. The highest BCUT2D eigenvalue weighted by atomic mass is 35.5. The molecule has 1 amide bonds. The lowest BCUT2D eigenvalue weighted by Crippen LogP contribution is -2.43. The van der Waals surface area contributed by atoms with Crippen molar-refractivity contribution in [3.05, 3.63) is 34.0 Å². The van der Waals surface area contributed by atoms with E-state index < -0.39 is 0 Å². The van der Waals surface area contributed by atoms with Gasteiger partial charge in [-0.2, -0.15) is 0 Å². The Kier molecular flexibility index (Phi) is 5.60. The van der Waals surface area contributed by atoms with Gasteiger partial charge in [0.05, 0.1) is 23.0 Å². The molecule has 20 heavy (non-hydrogen) atoms. The van der Waals surface area contributed by atoms with Crippen LogP contribution in [-0.2, 0) is 16.1 Å². The summed E-state index contributed by atoms with van der Waals surface area (Å²) in [7, 11) is 1.67. The predicted molar refractivity (Wildman–Crippen MR) is 82.1 cm³/mol. The van der Waals surface area contributed by atoms with Crippen molar-refractivity contribution in [2.75, 3.05) is 20.2 Å². The number of amides is 1. The molecule has 1 aliphatic rings. The Labute approximate surface area is 128 Å². The Morgan fingerprint density at radius 2 is 2.50 bits per heavy atom. The van der Waals surface area contributed by atoms with Gasteiger partial charge in [-0.05, 0) is 18.6 Å². The molecular weight excluding hydrogens is 296 g/mol.